The van der Waals surface area contributed by atoms with Crippen molar-refractivity contribution in [2.24, 2.45) is 0 Å². The van der Waals surface area contributed by atoms with Crippen LogP contribution < -0.4 is 5.32 Å². The van der Waals surface area contributed by atoms with E-state index >= 15 is 0 Å². The zero-order chi connectivity index (χ0) is 13.8. The third-order valence-electron chi connectivity index (χ3n) is 3.81. The lowest BCUT2D eigenvalue weighted by Crippen LogP contribution is -2.57. The van der Waals surface area contributed by atoms with Gasteiger partial charge in [0.2, 0.25) is 5.91 Å². The fourth-order valence-electron chi connectivity index (χ4n) is 2.43. The minimum Gasteiger partial charge on any atom is -0.500 e. The summed E-state index contributed by atoms with van der Waals surface area (Å²) < 4.78 is 10.6. The number of allylic oxidation sites excluding steroid dienone is 2. The van der Waals surface area contributed by atoms with Gasteiger partial charge in [0.25, 0.3) is 0 Å². The fourth-order valence-corrected chi connectivity index (χ4v) is 2.43. The van der Waals surface area contributed by atoms with Crippen LogP contribution in [0.25, 0.3) is 0 Å². The van der Waals surface area contributed by atoms with Gasteiger partial charge in [-0.2, -0.15) is 0 Å². The molecule has 2 saturated heterocycles. The van der Waals surface area contributed by atoms with Crippen LogP contribution in [0.1, 0.15) is 20.3 Å². The van der Waals surface area contributed by atoms with Gasteiger partial charge in [0.1, 0.15) is 5.76 Å². The summed E-state index contributed by atoms with van der Waals surface area (Å²) in [5.41, 5.74) is 0.741. The van der Waals surface area contributed by atoms with Crippen LogP contribution in [-0.4, -0.2) is 49.8 Å². The van der Waals surface area contributed by atoms with Gasteiger partial charge in [-0.05, 0) is 20.3 Å². The van der Waals surface area contributed by atoms with Crippen LogP contribution in [0.5, 0.6) is 0 Å². The van der Waals surface area contributed by atoms with Crippen molar-refractivity contribution in [2.45, 2.75) is 32.4 Å². The van der Waals surface area contributed by atoms with Gasteiger partial charge in [-0.1, -0.05) is 6.08 Å². The Morgan fingerprint density at radius 2 is 2.32 bits per heavy atom. The molecule has 2 fully saturated rings. The van der Waals surface area contributed by atoms with Crippen LogP contribution in [0, 0.1) is 0 Å². The number of nitrogens with one attached hydrogen (secondary N) is 1. The highest BCUT2D eigenvalue weighted by Crippen LogP contribution is 2.29. The second kappa shape index (κ2) is 6.21. The number of carbonyl (C=O) groups is 1. The van der Waals surface area contributed by atoms with Crippen LogP contribution in [0.3, 0.4) is 0 Å². The van der Waals surface area contributed by atoms with Crippen LogP contribution in [0.15, 0.2) is 23.6 Å². The molecule has 0 spiro atoms. The van der Waals surface area contributed by atoms with Gasteiger partial charge in [-0.3, -0.25) is 9.69 Å². The van der Waals surface area contributed by atoms with Crippen LogP contribution in [0.4, 0.5) is 0 Å². The summed E-state index contributed by atoms with van der Waals surface area (Å²) in [6, 6.07) is 0.560. The van der Waals surface area contributed by atoms with Crippen molar-refractivity contribution in [1.82, 2.24) is 10.2 Å². The first-order valence-electron chi connectivity index (χ1n) is 6.66. The minimum absolute atomic E-state index is 0.117. The number of hydrogen-bond acceptors (Lipinski definition) is 4. The lowest BCUT2D eigenvalue weighted by atomic mass is 9.99. The quantitative estimate of drug-likeness (QED) is 0.596. The summed E-state index contributed by atoms with van der Waals surface area (Å²) in [5, 5.41) is 2.77. The smallest absolute Gasteiger partial charge is 0.247 e. The molecule has 106 valence electrons. The van der Waals surface area contributed by atoms with E-state index in [1.54, 1.807) is 13.2 Å². The standard InChI is InChI=1S/C14H22N2O3/c1-10(11(2)18-3)15-14(17)5-4-7-16-9-13-12(16)6-8-19-13/h4-5,12-13H,6-9H2,1-3H3,(H,15,17). The van der Waals surface area contributed by atoms with Crippen molar-refractivity contribution < 1.29 is 14.3 Å². The predicted octanol–water partition coefficient (Wildman–Crippen LogP) is 1.03. The highest BCUT2D eigenvalue weighted by molar-refractivity contribution is 5.88. The Labute approximate surface area is 114 Å². The number of amides is 1. The first-order valence-corrected chi connectivity index (χ1v) is 6.66. The molecule has 2 rings (SSSR count). The highest BCUT2D eigenvalue weighted by Gasteiger charge is 2.42. The van der Waals surface area contributed by atoms with E-state index in [-0.39, 0.29) is 5.91 Å². The summed E-state index contributed by atoms with van der Waals surface area (Å²) in [6.45, 7) is 6.30. The second-order valence-electron chi connectivity index (χ2n) is 5.00. The number of ether oxygens (including phenoxy) is 2. The Bertz CT molecular complexity index is 403. The average Bonchev–Trinajstić information content (AvgIpc) is 2.74. The van der Waals surface area contributed by atoms with Crippen LogP contribution >= 0.6 is 0 Å². The summed E-state index contributed by atoms with van der Waals surface area (Å²) in [5.74, 6) is 0.601. The third kappa shape index (κ3) is 3.36. The molecule has 0 aromatic heterocycles. The summed E-state index contributed by atoms with van der Waals surface area (Å²) in [7, 11) is 1.59. The molecule has 5 heteroatoms. The maximum absolute atomic E-state index is 11.7. The Morgan fingerprint density at radius 3 is 3.00 bits per heavy atom. The number of rotatable bonds is 5. The number of likely N-dealkylation sites (tertiary alicyclic amines) is 1. The summed E-state index contributed by atoms with van der Waals surface area (Å²) in [6.07, 6.45) is 5.02. The van der Waals surface area contributed by atoms with Crippen LogP contribution in [-0.2, 0) is 14.3 Å². The molecule has 19 heavy (non-hydrogen) atoms. The maximum Gasteiger partial charge on any atom is 0.247 e. The SMILES string of the molecule is COC(C)=C(C)NC(=O)C=CCN1CC2OCCC21. The lowest BCUT2D eigenvalue weighted by Gasteiger charge is -2.42. The van der Waals surface area contributed by atoms with E-state index in [4.69, 9.17) is 9.47 Å². The number of fused-ring (bicyclic) bond motifs is 1. The molecular formula is C14H22N2O3. The molecular weight excluding hydrogens is 244 g/mol. The lowest BCUT2D eigenvalue weighted by molar-refractivity contribution is -0.115. The van der Waals surface area contributed by atoms with Gasteiger partial charge < -0.3 is 14.8 Å². The maximum atomic E-state index is 11.7. The Kier molecular flexibility index (Phi) is 4.61. The van der Waals surface area contributed by atoms with E-state index in [0.29, 0.717) is 12.1 Å². The average molecular weight is 266 g/mol. The van der Waals surface area contributed by atoms with Crippen molar-refractivity contribution in [1.29, 1.82) is 0 Å². The summed E-state index contributed by atoms with van der Waals surface area (Å²) in [4.78, 5) is 14.0. The van der Waals surface area contributed by atoms with E-state index in [1.165, 1.54) is 0 Å². The van der Waals surface area contributed by atoms with Gasteiger partial charge in [-0.25, -0.2) is 0 Å². The third-order valence-corrected chi connectivity index (χ3v) is 3.81. The van der Waals surface area contributed by atoms with Gasteiger partial charge in [0.05, 0.1) is 18.9 Å². The topological polar surface area (TPSA) is 50.8 Å². The predicted molar refractivity (Wildman–Crippen MR) is 72.4 cm³/mol. The molecule has 0 saturated carbocycles. The monoisotopic (exact) mass is 266 g/mol. The van der Waals surface area contributed by atoms with E-state index < -0.39 is 0 Å². The number of carbonyl (C=O) groups excluding carboxylic acids is 1. The fraction of sp³-hybridized carbons (Fsp3) is 0.643. The summed E-state index contributed by atoms with van der Waals surface area (Å²) >= 11 is 0. The molecule has 0 radical (unpaired) electrons. The zero-order valence-corrected chi connectivity index (χ0v) is 11.8. The largest absolute Gasteiger partial charge is 0.500 e. The molecule has 0 bridgehead atoms. The van der Waals surface area contributed by atoms with E-state index in [2.05, 4.69) is 10.2 Å². The first-order chi connectivity index (χ1) is 9.11. The molecule has 1 N–H and O–H groups in total. The van der Waals surface area contributed by atoms with Crippen molar-refractivity contribution in [3.8, 4) is 0 Å². The molecule has 2 aliphatic heterocycles. The Hall–Kier alpha value is -1.33. The molecule has 0 aromatic carbocycles. The molecule has 0 aromatic rings. The molecule has 1 amide bonds. The van der Waals surface area contributed by atoms with Gasteiger partial charge in [-0.15, -0.1) is 0 Å². The highest BCUT2D eigenvalue weighted by atomic mass is 16.5. The number of methoxy groups -OCH3 is 1. The first kappa shape index (κ1) is 14.1. The van der Waals surface area contributed by atoms with Gasteiger partial charge in [0.15, 0.2) is 0 Å². The molecule has 2 unspecified atom stereocenters. The number of hydrogen-bond donors (Lipinski definition) is 1. The molecule has 5 nitrogen and oxygen atoms in total. The van der Waals surface area contributed by atoms with E-state index in [0.717, 1.165) is 37.6 Å². The number of nitrogens with zero attached hydrogens (tertiary/aromatic N) is 1. The van der Waals surface area contributed by atoms with E-state index in [9.17, 15) is 4.79 Å². The van der Waals surface area contributed by atoms with Gasteiger partial charge in [0, 0.05) is 31.8 Å². The Morgan fingerprint density at radius 1 is 1.53 bits per heavy atom. The van der Waals surface area contributed by atoms with Crippen molar-refractivity contribution in [3.63, 3.8) is 0 Å². The normalized spacial score (nSPS) is 27.7. The van der Waals surface area contributed by atoms with Crippen molar-refractivity contribution >= 4 is 5.91 Å². The molecule has 2 atom stereocenters. The van der Waals surface area contributed by atoms with Gasteiger partial charge >= 0.3 is 0 Å². The molecule has 0 aliphatic carbocycles. The van der Waals surface area contributed by atoms with Crippen molar-refractivity contribution in [3.05, 3.63) is 23.6 Å². The molecule has 2 heterocycles. The minimum atomic E-state index is -0.117. The Balaban J connectivity index is 1.72. The van der Waals surface area contributed by atoms with E-state index in [1.807, 2.05) is 19.9 Å². The second-order valence-corrected chi connectivity index (χ2v) is 5.00. The molecule has 2 aliphatic rings. The van der Waals surface area contributed by atoms with Crippen molar-refractivity contribution in [2.75, 3.05) is 26.8 Å². The van der Waals surface area contributed by atoms with Crippen LogP contribution in [0.2, 0.25) is 0 Å². The zero-order valence-electron chi connectivity index (χ0n) is 11.8.